The van der Waals surface area contributed by atoms with Gasteiger partial charge >= 0.3 is 0 Å². The Bertz CT molecular complexity index is 983. The van der Waals surface area contributed by atoms with E-state index in [1.165, 1.54) is 12.4 Å². The van der Waals surface area contributed by atoms with E-state index >= 15 is 0 Å². The monoisotopic (exact) mass is 357 g/mol. The Morgan fingerprint density at radius 2 is 2.20 bits per heavy atom. The van der Waals surface area contributed by atoms with Crippen LogP contribution in [-0.4, -0.2) is 25.6 Å². The maximum atomic E-state index is 14.1. The van der Waals surface area contributed by atoms with Gasteiger partial charge in [-0.2, -0.15) is 0 Å². The molecule has 1 aromatic carbocycles. The molecule has 4 rings (SSSR count). The first-order valence-corrected chi connectivity index (χ1v) is 8.05. The van der Waals surface area contributed by atoms with E-state index in [9.17, 15) is 4.39 Å². The van der Waals surface area contributed by atoms with E-state index in [1.807, 2.05) is 4.57 Å². The van der Waals surface area contributed by atoms with Crippen LogP contribution in [0.3, 0.4) is 0 Å². The molecule has 2 aromatic heterocycles. The number of nitrogens with one attached hydrogen (secondary N) is 1. The average Bonchev–Trinajstić information content (AvgIpc) is 3.25. The second kappa shape index (κ2) is 6.31. The number of benzene rings is 1. The van der Waals surface area contributed by atoms with Gasteiger partial charge in [0.05, 0.1) is 17.0 Å². The van der Waals surface area contributed by atoms with E-state index < -0.39 is 5.82 Å². The zero-order chi connectivity index (χ0) is 17.4. The van der Waals surface area contributed by atoms with Gasteiger partial charge in [0.2, 0.25) is 0 Å². The van der Waals surface area contributed by atoms with Crippen LogP contribution in [0.1, 0.15) is 19.1 Å². The van der Waals surface area contributed by atoms with Crippen molar-refractivity contribution in [1.82, 2.24) is 19.5 Å². The van der Waals surface area contributed by atoms with Gasteiger partial charge in [-0.15, -0.1) is 6.42 Å². The van der Waals surface area contributed by atoms with Gasteiger partial charge in [-0.25, -0.2) is 19.3 Å². The van der Waals surface area contributed by atoms with E-state index in [4.69, 9.17) is 22.8 Å². The predicted octanol–water partition coefficient (Wildman–Crippen LogP) is 3.67. The highest BCUT2D eigenvalue weighted by Crippen LogP contribution is 2.32. The summed E-state index contributed by atoms with van der Waals surface area (Å²) >= 11 is 5.82. The summed E-state index contributed by atoms with van der Waals surface area (Å²) in [6.07, 6.45) is 9.56. The summed E-state index contributed by atoms with van der Waals surface area (Å²) < 4.78 is 21.7. The number of imidazole rings is 1. The Labute approximate surface area is 148 Å². The fraction of sp³-hybridized carbons (Fsp3) is 0.235. The van der Waals surface area contributed by atoms with Crippen molar-refractivity contribution in [2.24, 2.45) is 0 Å². The summed E-state index contributed by atoms with van der Waals surface area (Å²) in [5.41, 5.74) is 1.31. The third-order valence-electron chi connectivity index (χ3n) is 4.06. The molecule has 0 saturated carbocycles. The molecular formula is C17H13ClFN5O. The van der Waals surface area contributed by atoms with E-state index in [1.54, 1.807) is 18.5 Å². The van der Waals surface area contributed by atoms with Gasteiger partial charge in [0, 0.05) is 0 Å². The summed E-state index contributed by atoms with van der Waals surface area (Å²) in [6, 6.07) is 4.70. The molecule has 3 heterocycles. The smallest absolute Gasteiger partial charge is 0.167 e. The molecule has 2 atom stereocenters. The van der Waals surface area contributed by atoms with Gasteiger partial charge < -0.3 is 10.1 Å². The maximum Gasteiger partial charge on any atom is 0.167 e. The zero-order valence-electron chi connectivity index (χ0n) is 13.0. The van der Waals surface area contributed by atoms with Crippen molar-refractivity contribution in [3.05, 3.63) is 41.7 Å². The molecule has 1 N–H and O–H groups in total. The van der Waals surface area contributed by atoms with Crippen LogP contribution in [-0.2, 0) is 4.74 Å². The number of halogens is 2. The van der Waals surface area contributed by atoms with Crippen LogP contribution in [0, 0.1) is 18.2 Å². The molecular weight excluding hydrogens is 345 g/mol. The third kappa shape index (κ3) is 2.80. The van der Waals surface area contributed by atoms with Crippen LogP contribution in [0.5, 0.6) is 0 Å². The summed E-state index contributed by atoms with van der Waals surface area (Å²) in [6.45, 7) is 0. The molecule has 2 unspecified atom stereocenters. The number of hydrogen-bond acceptors (Lipinski definition) is 5. The van der Waals surface area contributed by atoms with Crippen molar-refractivity contribution in [2.45, 2.75) is 25.2 Å². The number of aromatic nitrogens is 4. The lowest BCUT2D eigenvalue weighted by molar-refractivity contribution is 0.0300. The number of fused-ring (bicyclic) bond motifs is 1. The minimum atomic E-state index is -0.550. The molecule has 1 saturated heterocycles. The van der Waals surface area contributed by atoms with E-state index in [2.05, 4.69) is 26.2 Å². The molecule has 0 spiro atoms. The number of terminal acetylenes is 1. The normalized spacial score (nSPS) is 19.9. The van der Waals surface area contributed by atoms with Crippen LogP contribution >= 0.6 is 11.6 Å². The van der Waals surface area contributed by atoms with Crippen molar-refractivity contribution in [1.29, 1.82) is 0 Å². The number of ether oxygens (including phenoxy) is 1. The van der Waals surface area contributed by atoms with Crippen LogP contribution in [0.4, 0.5) is 15.9 Å². The lowest BCUT2D eigenvalue weighted by Crippen LogP contribution is -2.10. The van der Waals surface area contributed by atoms with Crippen molar-refractivity contribution < 1.29 is 9.13 Å². The summed E-state index contributed by atoms with van der Waals surface area (Å²) in [5.74, 6) is 2.44. The van der Waals surface area contributed by atoms with Gasteiger partial charge in [0.25, 0.3) is 0 Å². The predicted molar refractivity (Wildman–Crippen MR) is 92.0 cm³/mol. The van der Waals surface area contributed by atoms with Crippen molar-refractivity contribution >= 4 is 34.3 Å². The standard InChI is InChI=1S/C17H13ClFN5O/c1-2-10-6-7-13(25-10)24-9-22-15-16(20-8-21-17(15)24)23-12-5-3-4-11(18)14(12)19/h1,3-5,8-10,13H,6-7H2,(H,20,21,23). The number of anilines is 2. The van der Waals surface area contributed by atoms with Crippen LogP contribution in [0.25, 0.3) is 11.2 Å². The Kier molecular flexibility index (Phi) is 3.99. The first-order chi connectivity index (χ1) is 12.2. The van der Waals surface area contributed by atoms with Crippen molar-refractivity contribution in [3.63, 3.8) is 0 Å². The SMILES string of the molecule is C#CC1CCC(n2cnc3c(Nc4cccc(Cl)c4F)ncnc32)O1. The van der Waals surface area contributed by atoms with Crippen LogP contribution < -0.4 is 5.32 Å². The van der Waals surface area contributed by atoms with E-state index in [0.717, 1.165) is 12.8 Å². The van der Waals surface area contributed by atoms with Gasteiger partial charge in [0.1, 0.15) is 18.7 Å². The summed E-state index contributed by atoms with van der Waals surface area (Å²) in [7, 11) is 0. The molecule has 1 aliphatic rings. The van der Waals surface area contributed by atoms with Gasteiger partial charge in [0.15, 0.2) is 22.8 Å². The summed E-state index contributed by atoms with van der Waals surface area (Å²) in [4.78, 5) is 12.8. The highest BCUT2D eigenvalue weighted by atomic mass is 35.5. The maximum absolute atomic E-state index is 14.1. The number of hydrogen-bond donors (Lipinski definition) is 1. The molecule has 1 aliphatic heterocycles. The van der Waals surface area contributed by atoms with Gasteiger partial charge in [-0.1, -0.05) is 23.6 Å². The summed E-state index contributed by atoms with van der Waals surface area (Å²) in [5, 5.41) is 2.95. The topological polar surface area (TPSA) is 64.9 Å². The van der Waals surface area contributed by atoms with Crippen LogP contribution in [0.2, 0.25) is 5.02 Å². The molecule has 3 aromatic rings. The second-order valence-corrected chi connectivity index (χ2v) is 6.00. The van der Waals surface area contributed by atoms with Crippen LogP contribution in [0.15, 0.2) is 30.9 Å². The Hall–Kier alpha value is -2.69. The minimum Gasteiger partial charge on any atom is -0.342 e. The van der Waals surface area contributed by atoms with Gasteiger partial charge in [-0.3, -0.25) is 4.57 Å². The highest BCUT2D eigenvalue weighted by Gasteiger charge is 2.27. The first-order valence-electron chi connectivity index (χ1n) is 7.67. The quantitative estimate of drug-likeness (QED) is 0.724. The Balaban J connectivity index is 1.70. The molecule has 0 amide bonds. The zero-order valence-corrected chi connectivity index (χ0v) is 13.7. The Morgan fingerprint density at radius 3 is 3.00 bits per heavy atom. The lowest BCUT2D eigenvalue weighted by Gasteiger charge is -2.13. The molecule has 1 fully saturated rings. The minimum absolute atomic E-state index is 0.0283. The van der Waals surface area contributed by atoms with Crippen molar-refractivity contribution in [3.8, 4) is 12.3 Å². The fourth-order valence-electron chi connectivity index (χ4n) is 2.83. The molecule has 126 valence electrons. The van der Waals surface area contributed by atoms with Gasteiger partial charge in [-0.05, 0) is 25.0 Å². The Morgan fingerprint density at radius 1 is 1.32 bits per heavy atom. The largest absolute Gasteiger partial charge is 0.342 e. The average molecular weight is 358 g/mol. The second-order valence-electron chi connectivity index (χ2n) is 5.60. The van der Waals surface area contributed by atoms with E-state index in [-0.39, 0.29) is 23.0 Å². The molecule has 25 heavy (non-hydrogen) atoms. The molecule has 8 heteroatoms. The van der Waals surface area contributed by atoms with E-state index in [0.29, 0.717) is 17.0 Å². The first kappa shape index (κ1) is 15.8. The molecule has 0 aliphatic carbocycles. The molecule has 0 bridgehead atoms. The number of nitrogens with zero attached hydrogens (tertiary/aromatic N) is 4. The number of rotatable bonds is 3. The van der Waals surface area contributed by atoms with Crippen molar-refractivity contribution in [2.75, 3.05) is 5.32 Å². The molecule has 6 nitrogen and oxygen atoms in total. The lowest BCUT2D eigenvalue weighted by atomic mass is 10.2. The highest BCUT2D eigenvalue weighted by molar-refractivity contribution is 6.31. The third-order valence-corrected chi connectivity index (χ3v) is 4.35. The molecule has 0 radical (unpaired) electrons. The fourth-order valence-corrected chi connectivity index (χ4v) is 3.00.